The molecule has 0 aromatic heterocycles. The van der Waals surface area contributed by atoms with Crippen LogP contribution in [0.15, 0.2) is 36.4 Å². The molecule has 1 aliphatic rings. The number of fused-ring (bicyclic) bond motifs is 1. The molecule has 2 aromatic rings. The number of nitrogens with one attached hydrogen (secondary N) is 1. The predicted molar refractivity (Wildman–Crippen MR) is 97.3 cm³/mol. The predicted octanol–water partition coefficient (Wildman–Crippen LogP) is 2.62. The molecule has 0 saturated carbocycles. The number of ether oxygens (including phenoxy) is 2. The van der Waals surface area contributed by atoms with E-state index in [2.05, 4.69) is 35.4 Å². The standard InChI is InChI=1S/C19H20BrNO4/c1-12(22)24-15-6-4-13(5-7-15)8-17-16-10-19(25-20)18(23-3)9-14(16)11-21(17)2/h4-7,9-10,17H,8,11H2,1-3H3/p+1/t17-/m0/s1. The van der Waals surface area contributed by atoms with Gasteiger partial charge < -0.3 is 18.2 Å². The molecule has 0 aliphatic carbocycles. The largest absolute Gasteiger partial charge is 0.493 e. The van der Waals surface area contributed by atoms with Gasteiger partial charge in [0.1, 0.15) is 18.3 Å². The smallest absolute Gasteiger partial charge is 0.308 e. The van der Waals surface area contributed by atoms with Crippen LogP contribution in [-0.2, 0) is 17.8 Å². The zero-order valence-electron chi connectivity index (χ0n) is 14.5. The fraction of sp³-hybridized carbons (Fsp3) is 0.316. The summed E-state index contributed by atoms with van der Waals surface area (Å²) in [4.78, 5) is 12.4. The van der Waals surface area contributed by atoms with E-state index < -0.39 is 0 Å². The van der Waals surface area contributed by atoms with Gasteiger partial charge in [-0.2, -0.15) is 0 Å². The molecule has 2 aromatic carbocycles. The molecule has 2 atom stereocenters. The van der Waals surface area contributed by atoms with Crippen molar-refractivity contribution >= 4 is 22.2 Å². The number of benzene rings is 2. The Morgan fingerprint density at radius 1 is 1.24 bits per heavy atom. The average molecular weight is 407 g/mol. The number of carbonyl (C=O) groups excluding carboxylic acids is 1. The maximum absolute atomic E-state index is 11.0. The van der Waals surface area contributed by atoms with Crippen LogP contribution in [-0.4, -0.2) is 20.1 Å². The van der Waals surface area contributed by atoms with Gasteiger partial charge in [0.2, 0.25) is 0 Å². The molecule has 1 heterocycles. The summed E-state index contributed by atoms with van der Waals surface area (Å²) in [6.07, 6.45) is 0.896. The SMILES string of the molecule is COc1cc2c(cc1OBr)[C@H](Cc1ccc(OC(C)=O)cc1)[NH+](C)C2. The van der Waals surface area contributed by atoms with Crippen molar-refractivity contribution in [3.8, 4) is 17.2 Å². The van der Waals surface area contributed by atoms with E-state index >= 15 is 0 Å². The molecule has 132 valence electrons. The van der Waals surface area contributed by atoms with Crippen LogP contribution in [0, 0.1) is 0 Å². The second-order valence-electron chi connectivity index (χ2n) is 6.30. The fourth-order valence-corrected chi connectivity index (χ4v) is 3.64. The van der Waals surface area contributed by atoms with Crippen molar-refractivity contribution in [1.82, 2.24) is 0 Å². The summed E-state index contributed by atoms with van der Waals surface area (Å²) in [5.41, 5.74) is 3.76. The van der Waals surface area contributed by atoms with Gasteiger partial charge in [-0.05, 0) is 29.8 Å². The highest BCUT2D eigenvalue weighted by Crippen LogP contribution is 2.36. The summed E-state index contributed by atoms with van der Waals surface area (Å²) in [7, 11) is 3.84. The molecular weight excluding hydrogens is 386 g/mol. The summed E-state index contributed by atoms with van der Waals surface area (Å²) in [5, 5.41) is 0. The van der Waals surface area contributed by atoms with E-state index in [9.17, 15) is 4.79 Å². The van der Waals surface area contributed by atoms with Gasteiger partial charge in [-0.15, -0.1) is 0 Å². The van der Waals surface area contributed by atoms with Crippen molar-refractivity contribution in [2.45, 2.75) is 25.9 Å². The second-order valence-corrected chi connectivity index (χ2v) is 6.62. The molecular formula is C19H21BrNO4+. The molecule has 3 rings (SSSR count). The van der Waals surface area contributed by atoms with Crippen LogP contribution < -0.4 is 18.2 Å². The summed E-state index contributed by atoms with van der Waals surface area (Å²) < 4.78 is 15.8. The first-order valence-corrected chi connectivity index (χ1v) is 8.75. The number of rotatable bonds is 5. The van der Waals surface area contributed by atoms with Crippen LogP contribution in [0.2, 0.25) is 0 Å². The van der Waals surface area contributed by atoms with Crippen LogP contribution in [0.3, 0.4) is 0 Å². The van der Waals surface area contributed by atoms with Gasteiger partial charge in [-0.3, -0.25) is 4.79 Å². The lowest BCUT2D eigenvalue weighted by Gasteiger charge is -2.18. The van der Waals surface area contributed by atoms with Crippen LogP contribution in [0.25, 0.3) is 0 Å². The lowest BCUT2D eigenvalue weighted by Crippen LogP contribution is -3.06. The zero-order chi connectivity index (χ0) is 18.0. The minimum Gasteiger partial charge on any atom is -0.493 e. The number of hydrogen-bond acceptors (Lipinski definition) is 4. The molecule has 0 spiro atoms. The number of likely N-dealkylation sites (N-methyl/N-ethyl adjacent to an activating group) is 1. The van der Waals surface area contributed by atoms with Gasteiger partial charge in [0.25, 0.3) is 0 Å². The van der Waals surface area contributed by atoms with E-state index in [1.165, 1.54) is 28.5 Å². The molecule has 0 bridgehead atoms. The van der Waals surface area contributed by atoms with Crippen molar-refractivity contribution in [2.24, 2.45) is 0 Å². The molecule has 1 aliphatic heterocycles. The number of hydrogen-bond donors (Lipinski definition) is 1. The topological polar surface area (TPSA) is 49.2 Å². The van der Waals surface area contributed by atoms with Crippen LogP contribution in [0.4, 0.5) is 0 Å². The highest BCUT2D eigenvalue weighted by atomic mass is 79.9. The molecule has 0 fully saturated rings. The number of carbonyl (C=O) groups is 1. The number of esters is 1. The van der Waals surface area contributed by atoms with Gasteiger partial charge in [-0.1, -0.05) is 12.1 Å². The maximum atomic E-state index is 11.0. The summed E-state index contributed by atoms with van der Waals surface area (Å²) in [6, 6.07) is 12.1. The van der Waals surface area contributed by atoms with Gasteiger partial charge in [0.15, 0.2) is 27.8 Å². The quantitative estimate of drug-likeness (QED) is 0.612. The first kappa shape index (κ1) is 17.8. The molecule has 0 amide bonds. The van der Waals surface area contributed by atoms with Crippen LogP contribution in [0.5, 0.6) is 17.2 Å². The Hall–Kier alpha value is -2.05. The summed E-state index contributed by atoms with van der Waals surface area (Å²) in [5.74, 6) is 1.68. The van der Waals surface area contributed by atoms with E-state index in [1.54, 1.807) is 7.11 Å². The lowest BCUT2D eigenvalue weighted by atomic mass is 9.97. The Labute approximate surface area is 155 Å². The number of quaternary nitrogens is 1. The highest BCUT2D eigenvalue weighted by molar-refractivity contribution is 9.06. The third kappa shape index (κ3) is 3.80. The third-order valence-corrected chi connectivity index (χ3v) is 4.92. The first-order valence-electron chi connectivity index (χ1n) is 8.11. The van der Waals surface area contributed by atoms with Crippen molar-refractivity contribution < 1.29 is 23.0 Å². The van der Waals surface area contributed by atoms with E-state index in [4.69, 9.17) is 13.3 Å². The van der Waals surface area contributed by atoms with E-state index in [0.717, 1.165) is 18.7 Å². The van der Waals surface area contributed by atoms with E-state index in [1.807, 2.05) is 24.3 Å². The monoisotopic (exact) mass is 406 g/mol. The first-order chi connectivity index (χ1) is 12.0. The van der Waals surface area contributed by atoms with Crippen molar-refractivity contribution in [2.75, 3.05) is 14.2 Å². The van der Waals surface area contributed by atoms with E-state index in [-0.39, 0.29) is 5.97 Å². The third-order valence-electron chi connectivity index (χ3n) is 4.57. The average Bonchev–Trinajstić information content (AvgIpc) is 2.89. The lowest BCUT2D eigenvalue weighted by molar-refractivity contribution is -0.918. The van der Waals surface area contributed by atoms with Crippen molar-refractivity contribution in [1.29, 1.82) is 0 Å². The van der Waals surface area contributed by atoms with Gasteiger partial charge in [-0.25, -0.2) is 0 Å². The molecule has 0 saturated heterocycles. The maximum Gasteiger partial charge on any atom is 0.308 e. The number of methoxy groups -OCH3 is 1. The van der Waals surface area contributed by atoms with Gasteiger partial charge >= 0.3 is 5.97 Å². The molecule has 5 nitrogen and oxygen atoms in total. The zero-order valence-corrected chi connectivity index (χ0v) is 16.1. The van der Waals surface area contributed by atoms with Crippen molar-refractivity contribution in [3.05, 3.63) is 53.1 Å². The normalized spacial score (nSPS) is 18.6. The minimum atomic E-state index is -0.308. The number of halogens is 1. The Morgan fingerprint density at radius 3 is 2.56 bits per heavy atom. The molecule has 1 N–H and O–H groups in total. The molecule has 6 heteroatoms. The molecule has 0 radical (unpaired) electrons. The summed E-state index contributed by atoms with van der Waals surface area (Å²) >= 11 is 3.06. The second kappa shape index (κ2) is 7.45. The highest BCUT2D eigenvalue weighted by Gasteiger charge is 2.33. The summed E-state index contributed by atoms with van der Waals surface area (Å²) in [6.45, 7) is 2.35. The van der Waals surface area contributed by atoms with Gasteiger partial charge in [0.05, 0.1) is 14.2 Å². The Kier molecular flexibility index (Phi) is 5.30. The van der Waals surface area contributed by atoms with Crippen LogP contribution >= 0.6 is 16.3 Å². The Balaban J connectivity index is 1.83. The Morgan fingerprint density at radius 2 is 1.96 bits per heavy atom. The van der Waals surface area contributed by atoms with Gasteiger partial charge in [0, 0.05) is 24.5 Å². The Bertz CT molecular complexity index is 776. The van der Waals surface area contributed by atoms with Crippen LogP contribution in [0.1, 0.15) is 29.7 Å². The molecule has 25 heavy (non-hydrogen) atoms. The van der Waals surface area contributed by atoms with Crippen molar-refractivity contribution in [3.63, 3.8) is 0 Å². The molecule has 1 unspecified atom stereocenters. The minimum absolute atomic E-state index is 0.308. The van der Waals surface area contributed by atoms with E-state index in [0.29, 0.717) is 17.5 Å². The fourth-order valence-electron chi connectivity index (χ4n) is 3.38.